The zero-order valence-electron chi connectivity index (χ0n) is 25.7. The maximum Gasteiger partial charge on any atom is 0.394 e. The number of hydrogen-bond donors (Lipinski definition) is 4. The van der Waals surface area contributed by atoms with E-state index in [9.17, 15) is 0 Å². The summed E-state index contributed by atoms with van der Waals surface area (Å²) < 4.78 is 31.6. The smallest absolute Gasteiger partial charge is 0.330 e. The molecular formula is C32H66N2O4S. The van der Waals surface area contributed by atoms with Crippen molar-refractivity contribution in [3.8, 4) is 0 Å². The van der Waals surface area contributed by atoms with Gasteiger partial charge in [-0.1, -0.05) is 179 Å². The van der Waals surface area contributed by atoms with Gasteiger partial charge < -0.3 is 11.5 Å². The van der Waals surface area contributed by atoms with E-state index in [1.807, 2.05) is 36.4 Å². The molecule has 0 saturated heterocycles. The normalized spacial score (nSPS) is 10.4. The molecule has 0 spiro atoms. The zero-order chi connectivity index (χ0) is 29.7. The summed E-state index contributed by atoms with van der Waals surface area (Å²) in [4.78, 5) is 0. The van der Waals surface area contributed by atoms with Crippen LogP contribution in [0.1, 0.15) is 155 Å². The fourth-order valence-electron chi connectivity index (χ4n) is 4.00. The lowest BCUT2D eigenvalue weighted by Gasteiger charge is -2.01. The Morgan fingerprint density at radius 2 is 0.564 bits per heavy atom. The number of benzene rings is 1. The molecule has 1 aromatic rings. The molecule has 0 aliphatic heterocycles. The SMILES string of the molecule is CCCCCCCCCCCCCN.CCCCCCCCCCCCCN.O=S(=O)(O)O.c1ccccc1. The van der Waals surface area contributed by atoms with E-state index in [0.717, 1.165) is 13.1 Å². The highest BCUT2D eigenvalue weighted by Crippen LogP contribution is 2.11. The van der Waals surface area contributed by atoms with Crippen molar-refractivity contribution in [1.82, 2.24) is 0 Å². The average molecular weight is 575 g/mol. The fourth-order valence-corrected chi connectivity index (χ4v) is 4.00. The summed E-state index contributed by atoms with van der Waals surface area (Å²) in [5.74, 6) is 0. The molecule has 0 unspecified atom stereocenters. The Kier molecular flexibility index (Phi) is 42.6. The molecule has 0 aliphatic rings. The van der Waals surface area contributed by atoms with Crippen molar-refractivity contribution in [1.29, 1.82) is 0 Å². The summed E-state index contributed by atoms with van der Waals surface area (Å²) in [6, 6.07) is 12.0. The van der Waals surface area contributed by atoms with Crippen LogP contribution in [0.3, 0.4) is 0 Å². The standard InChI is InChI=1S/2C13H29N.C6H6.H2O4S/c2*1-2-3-4-5-6-7-8-9-10-11-12-13-14;1-2-4-6-5-3-1;1-5(2,3)4/h2*2-14H2,1H3;1-6H;(H2,1,2,3,4). The Hall–Kier alpha value is -0.990. The van der Waals surface area contributed by atoms with E-state index >= 15 is 0 Å². The monoisotopic (exact) mass is 574 g/mol. The second kappa shape index (κ2) is 39.2. The number of nitrogens with two attached hydrogens (primary N) is 2. The highest BCUT2D eigenvalue weighted by Gasteiger charge is 1.93. The molecule has 0 atom stereocenters. The molecule has 7 heteroatoms. The summed E-state index contributed by atoms with van der Waals surface area (Å²) in [5, 5.41) is 0. The molecule has 0 saturated carbocycles. The molecule has 0 aromatic heterocycles. The summed E-state index contributed by atoms with van der Waals surface area (Å²) >= 11 is 0. The van der Waals surface area contributed by atoms with Crippen molar-refractivity contribution in [2.24, 2.45) is 11.5 Å². The summed E-state index contributed by atoms with van der Waals surface area (Å²) in [6.45, 7) is 6.29. The van der Waals surface area contributed by atoms with Crippen LogP contribution in [-0.2, 0) is 10.4 Å². The maximum atomic E-state index is 8.74. The van der Waals surface area contributed by atoms with Crippen molar-refractivity contribution in [3.63, 3.8) is 0 Å². The fraction of sp³-hybridized carbons (Fsp3) is 0.812. The van der Waals surface area contributed by atoms with Crippen LogP contribution in [0.4, 0.5) is 0 Å². The number of rotatable bonds is 22. The predicted octanol–water partition coefficient (Wildman–Crippen LogP) is 9.55. The van der Waals surface area contributed by atoms with Gasteiger partial charge in [-0.25, -0.2) is 0 Å². The van der Waals surface area contributed by atoms with E-state index < -0.39 is 10.4 Å². The lowest BCUT2D eigenvalue weighted by atomic mass is 10.1. The van der Waals surface area contributed by atoms with E-state index in [-0.39, 0.29) is 0 Å². The average Bonchev–Trinajstić information content (AvgIpc) is 2.92. The van der Waals surface area contributed by atoms with Gasteiger partial charge in [-0.05, 0) is 25.9 Å². The van der Waals surface area contributed by atoms with E-state index in [2.05, 4.69) is 13.8 Å². The van der Waals surface area contributed by atoms with E-state index in [1.54, 1.807) is 0 Å². The van der Waals surface area contributed by atoms with Crippen molar-refractivity contribution in [3.05, 3.63) is 36.4 Å². The van der Waals surface area contributed by atoms with Crippen LogP contribution in [0.25, 0.3) is 0 Å². The number of hydrogen-bond acceptors (Lipinski definition) is 4. The highest BCUT2D eigenvalue weighted by atomic mass is 32.3. The minimum atomic E-state index is -4.67. The molecular weight excluding hydrogens is 508 g/mol. The van der Waals surface area contributed by atoms with E-state index in [1.165, 1.54) is 141 Å². The first-order chi connectivity index (χ1) is 18.8. The van der Waals surface area contributed by atoms with Gasteiger partial charge in [-0.3, -0.25) is 9.11 Å². The minimum Gasteiger partial charge on any atom is -0.330 e. The molecule has 0 amide bonds. The quantitative estimate of drug-likeness (QED) is 0.0806. The third-order valence-electron chi connectivity index (χ3n) is 6.28. The highest BCUT2D eigenvalue weighted by molar-refractivity contribution is 7.79. The van der Waals surface area contributed by atoms with Crippen molar-refractivity contribution in [2.75, 3.05) is 13.1 Å². The second-order valence-corrected chi connectivity index (χ2v) is 11.1. The van der Waals surface area contributed by atoms with Gasteiger partial charge in [0.05, 0.1) is 0 Å². The molecule has 0 aliphatic carbocycles. The third kappa shape index (κ3) is 62.2. The van der Waals surface area contributed by atoms with Crippen LogP contribution in [0.15, 0.2) is 36.4 Å². The molecule has 234 valence electrons. The Morgan fingerprint density at radius 1 is 0.410 bits per heavy atom. The van der Waals surface area contributed by atoms with Crippen LogP contribution in [0.2, 0.25) is 0 Å². The summed E-state index contributed by atoms with van der Waals surface area (Å²) in [5.41, 5.74) is 10.9. The minimum absolute atomic E-state index is 0.872. The van der Waals surface area contributed by atoms with Gasteiger partial charge >= 0.3 is 10.4 Å². The van der Waals surface area contributed by atoms with E-state index in [4.69, 9.17) is 29.0 Å². The van der Waals surface area contributed by atoms with Gasteiger partial charge in [0.25, 0.3) is 0 Å². The maximum absolute atomic E-state index is 8.74. The molecule has 1 rings (SSSR count). The topological polar surface area (TPSA) is 127 Å². The van der Waals surface area contributed by atoms with Crippen molar-refractivity contribution < 1.29 is 17.5 Å². The van der Waals surface area contributed by atoms with Crippen molar-refractivity contribution in [2.45, 2.75) is 155 Å². The molecule has 0 fully saturated rings. The summed E-state index contributed by atoms with van der Waals surface area (Å²) in [7, 11) is -4.67. The molecule has 0 heterocycles. The second-order valence-electron chi connectivity index (χ2n) is 10.3. The van der Waals surface area contributed by atoms with Gasteiger partial charge in [-0.2, -0.15) is 8.42 Å². The lowest BCUT2D eigenvalue weighted by Crippen LogP contribution is -1.97. The van der Waals surface area contributed by atoms with Gasteiger partial charge in [0.2, 0.25) is 0 Å². The van der Waals surface area contributed by atoms with Gasteiger partial charge in [0.15, 0.2) is 0 Å². The summed E-state index contributed by atoms with van der Waals surface area (Å²) in [6.07, 6.45) is 30.8. The molecule has 1 aromatic carbocycles. The molecule has 0 bridgehead atoms. The van der Waals surface area contributed by atoms with Crippen molar-refractivity contribution >= 4 is 10.4 Å². The van der Waals surface area contributed by atoms with Gasteiger partial charge in [0.1, 0.15) is 0 Å². The van der Waals surface area contributed by atoms with Crippen LogP contribution in [-0.4, -0.2) is 30.6 Å². The largest absolute Gasteiger partial charge is 0.394 e. The third-order valence-corrected chi connectivity index (χ3v) is 6.28. The van der Waals surface area contributed by atoms with Crippen LogP contribution < -0.4 is 11.5 Å². The van der Waals surface area contributed by atoms with Gasteiger partial charge in [0, 0.05) is 0 Å². The Balaban J connectivity index is -0.000000482. The molecule has 6 N–H and O–H groups in total. The molecule has 0 radical (unpaired) electrons. The first-order valence-corrected chi connectivity index (χ1v) is 17.3. The number of unbranched alkanes of at least 4 members (excludes halogenated alkanes) is 20. The first kappa shape index (κ1) is 42.5. The Labute approximate surface area is 243 Å². The molecule has 6 nitrogen and oxygen atoms in total. The lowest BCUT2D eigenvalue weighted by molar-refractivity contribution is 0.381. The van der Waals surface area contributed by atoms with Crippen LogP contribution >= 0.6 is 0 Å². The Bertz CT molecular complexity index is 533. The Morgan fingerprint density at radius 3 is 0.718 bits per heavy atom. The zero-order valence-corrected chi connectivity index (χ0v) is 26.5. The van der Waals surface area contributed by atoms with Crippen LogP contribution in [0.5, 0.6) is 0 Å². The first-order valence-electron chi connectivity index (χ1n) is 15.9. The van der Waals surface area contributed by atoms with E-state index in [0.29, 0.717) is 0 Å². The predicted molar refractivity (Wildman–Crippen MR) is 172 cm³/mol. The molecule has 39 heavy (non-hydrogen) atoms. The van der Waals surface area contributed by atoms with Crippen LogP contribution in [0, 0.1) is 0 Å². The van der Waals surface area contributed by atoms with Gasteiger partial charge in [-0.15, -0.1) is 0 Å².